The fraction of sp³-hybridized carbons (Fsp3) is 0.296. The molecule has 168 valence electrons. The summed E-state index contributed by atoms with van der Waals surface area (Å²) in [5, 5.41) is 5.64. The number of hydrogen-bond acceptors (Lipinski definition) is 4. The van der Waals surface area contributed by atoms with Crippen molar-refractivity contribution < 1.29 is 4.79 Å². The summed E-state index contributed by atoms with van der Waals surface area (Å²) in [6.07, 6.45) is 1.01. The number of amides is 1. The highest BCUT2D eigenvalue weighted by Crippen LogP contribution is 2.31. The van der Waals surface area contributed by atoms with Crippen molar-refractivity contribution in [3.8, 4) is 0 Å². The predicted octanol–water partition coefficient (Wildman–Crippen LogP) is 4.18. The van der Waals surface area contributed by atoms with E-state index in [1.807, 2.05) is 36.4 Å². The lowest BCUT2D eigenvalue weighted by Crippen LogP contribution is -2.21. The molecule has 1 aliphatic rings. The molecule has 1 aliphatic heterocycles. The second-order valence-corrected chi connectivity index (χ2v) is 8.99. The number of primary amides is 1. The minimum Gasteiger partial charge on any atom is -0.366 e. The van der Waals surface area contributed by atoms with Crippen LogP contribution in [0.4, 0.5) is 0 Å². The molecule has 0 bridgehead atoms. The maximum atomic E-state index is 12.1. The number of pyridine rings is 1. The normalized spacial score (nSPS) is 16.5. The second-order valence-electron chi connectivity index (χ2n) is 8.99. The summed E-state index contributed by atoms with van der Waals surface area (Å²) >= 11 is 0. The zero-order valence-electron chi connectivity index (χ0n) is 19.2. The molecule has 6 heteroatoms. The molecule has 1 atom stereocenters. The highest BCUT2D eigenvalue weighted by Gasteiger charge is 2.27. The van der Waals surface area contributed by atoms with E-state index in [2.05, 4.69) is 47.7 Å². The van der Waals surface area contributed by atoms with Gasteiger partial charge in [-0.05, 0) is 44.5 Å². The van der Waals surface area contributed by atoms with Crippen LogP contribution in [0, 0.1) is 13.8 Å². The Labute approximate surface area is 194 Å². The molecule has 2 aromatic heterocycles. The Balaban J connectivity index is 1.34. The first kappa shape index (κ1) is 21.3. The summed E-state index contributed by atoms with van der Waals surface area (Å²) in [5.74, 6) is -0.116. The van der Waals surface area contributed by atoms with Crippen LogP contribution in [-0.2, 0) is 13.1 Å². The molecule has 3 heterocycles. The lowest BCUT2D eigenvalue weighted by Gasteiger charge is -2.17. The molecule has 0 aliphatic carbocycles. The molecule has 6 nitrogen and oxygen atoms in total. The van der Waals surface area contributed by atoms with Crippen LogP contribution in [0.1, 0.15) is 50.9 Å². The van der Waals surface area contributed by atoms with Crippen molar-refractivity contribution in [2.24, 2.45) is 5.73 Å². The molecule has 1 unspecified atom stereocenters. The van der Waals surface area contributed by atoms with Crippen molar-refractivity contribution in [1.29, 1.82) is 0 Å². The second kappa shape index (κ2) is 8.79. The Bertz CT molecular complexity index is 1310. The van der Waals surface area contributed by atoms with Crippen molar-refractivity contribution >= 4 is 16.8 Å². The van der Waals surface area contributed by atoms with Gasteiger partial charge in [0, 0.05) is 41.3 Å². The molecule has 1 saturated heterocycles. The van der Waals surface area contributed by atoms with E-state index in [1.54, 1.807) is 0 Å². The maximum Gasteiger partial charge on any atom is 0.249 e. The number of nitrogens with zero attached hydrogens (tertiary/aromatic N) is 4. The van der Waals surface area contributed by atoms with Crippen LogP contribution in [0.2, 0.25) is 0 Å². The SMILES string of the molecule is Cc1nn(Cc2ccccc2)c(C)c1CN1CCC(c2cc(C(N)=O)c3ccccc3n2)C1. The highest BCUT2D eigenvalue weighted by molar-refractivity contribution is 6.05. The molecule has 33 heavy (non-hydrogen) atoms. The number of hydrogen-bond donors (Lipinski definition) is 1. The van der Waals surface area contributed by atoms with Gasteiger partial charge in [-0.15, -0.1) is 0 Å². The fourth-order valence-electron chi connectivity index (χ4n) is 4.92. The predicted molar refractivity (Wildman–Crippen MR) is 130 cm³/mol. The third kappa shape index (κ3) is 4.26. The number of aryl methyl sites for hydroxylation is 1. The number of nitrogens with two attached hydrogens (primary N) is 1. The summed E-state index contributed by atoms with van der Waals surface area (Å²) in [5.41, 5.74) is 12.9. The molecule has 1 amide bonds. The number of para-hydroxylation sites is 1. The first-order chi connectivity index (χ1) is 16.0. The van der Waals surface area contributed by atoms with Crippen LogP contribution < -0.4 is 5.73 Å². The maximum absolute atomic E-state index is 12.1. The van der Waals surface area contributed by atoms with E-state index in [9.17, 15) is 4.79 Å². The van der Waals surface area contributed by atoms with Gasteiger partial charge in [0.2, 0.25) is 5.91 Å². The van der Waals surface area contributed by atoms with Crippen LogP contribution in [0.25, 0.3) is 10.9 Å². The Morgan fingerprint density at radius 3 is 2.61 bits per heavy atom. The average Bonchev–Trinajstić information content (AvgIpc) is 3.39. The lowest BCUT2D eigenvalue weighted by molar-refractivity contribution is 0.100. The summed E-state index contributed by atoms with van der Waals surface area (Å²) in [6.45, 7) is 7.82. The van der Waals surface area contributed by atoms with E-state index in [-0.39, 0.29) is 5.92 Å². The van der Waals surface area contributed by atoms with Crippen molar-refractivity contribution in [2.75, 3.05) is 13.1 Å². The van der Waals surface area contributed by atoms with Crippen molar-refractivity contribution in [1.82, 2.24) is 19.7 Å². The Morgan fingerprint density at radius 2 is 1.82 bits per heavy atom. The summed E-state index contributed by atoms with van der Waals surface area (Å²) in [6, 6.07) is 20.1. The van der Waals surface area contributed by atoms with E-state index in [0.29, 0.717) is 5.56 Å². The Hall–Kier alpha value is -3.51. The fourth-order valence-corrected chi connectivity index (χ4v) is 4.92. The molecule has 2 aromatic carbocycles. The van der Waals surface area contributed by atoms with E-state index in [4.69, 9.17) is 15.8 Å². The minimum absolute atomic E-state index is 0.285. The van der Waals surface area contributed by atoms with E-state index in [1.165, 1.54) is 16.8 Å². The zero-order valence-corrected chi connectivity index (χ0v) is 19.2. The third-order valence-corrected chi connectivity index (χ3v) is 6.78. The Kier molecular flexibility index (Phi) is 5.68. The number of benzene rings is 2. The number of likely N-dealkylation sites (tertiary alicyclic amines) is 1. The molecule has 0 spiro atoms. The molecule has 0 saturated carbocycles. The largest absolute Gasteiger partial charge is 0.366 e. The number of aromatic nitrogens is 3. The van der Waals surface area contributed by atoms with Gasteiger partial charge in [-0.25, -0.2) is 0 Å². The highest BCUT2D eigenvalue weighted by atomic mass is 16.1. The van der Waals surface area contributed by atoms with Gasteiger partial charge < -0.3 is 5.73 Å². The Morgan fingerprint density at radius 1 is 1.06 bits per heavy atom. The van der Waals surface area contributed by atoms with Gasteiger partial charge in [-0.2, -0.15) is 5.10 Å². The van der Waals surface area contributed by atoms with Crippen LogP contribution >= 0.6 is 0 Å². The smallest absolute Gasteiger partial charge is 0.249 e. The van der Waals surface area contributed by atoms with E-state index >= 15 is 0 Å². The summed E-state index contributed by atoms with van der Waals surface area (Å²) < 4.78 is 2.11. The summed E-state index contributed by atoms with van der Waals surface area (Å²) in [7, 11) is 0. The van der Waals surface area contributed by atoms with Crippen LogP contribution in [0.5, 0.6) is 0 Å². The van der Waals surface area contributed by atoms with Crippen LogP contribution in [0.15, 0.2) is 60.7 Å². The topological polar surface area (TPSA) is 77.0 Å². The van der Waals surface area contributed by atoms with Crippen molar-refractivity contribution in [2.45, 2.75) is 39.3 Å². The van der Waals surface area contributed by atoms with Gasteiger partial charge in [-0.1, -0.05) is 48.5 Å². The first-order valence-corrected chi connectivity index (χ1v) is 11.5. The van der Waals surface area contributed by atoms with Gasteiger partial charge in [0.15, 0.2) is 0 Å². The van der Waals surface area contributed by atoms with Crippen molar-refractivity contribution in [3.63, 3.8) is 0 Å². The molecule has 0 radical (unpaired) electrons. The van der Waals surface area contributed by atoms with Gasteiger partial charge in [0.1, 0.15) is 0 Å². The summed E-state index contributed by atoms with van der Waals surface area (Å²) in [4.78, 5) is 19.4. The molecular formula is C27H29N5O. The number of fused-ring (bicyclic) bond motifs is 1. The van der Waals surface area contributed by atoms with Crippen molar-refractivity contribution in [3.05, 3.63) is 94.4 Å². The number of carbonyl (C=O) groups is 1. The van der Waals surface area contributed by atoms with Crippen LogP contribution in [0.3, 0.4) is 0 Å². The first-order valence-electron chi connectivity index (χ1n) is 11.5. The standard InChI is InChI=1S/C27H29N5O/c1-18-24(19(2)32(30-18)15-20-8-4-3-5-9-20)17-31-13-12-21(16-31)26-14-23(27(28)33)22-10-6-7-11-25(22)29-26/h3-11,14,21H,12-13,15-17H2,1-2H3,(H2,28,33). The molecular weight excluding hydrogens is 410 g/mol. The van der Waals surface area contributed by atoms with Gasteiger partial charge in [-0.3, -0.25) is 19.4 Å². The van der Waals surface area contributed by atoms with Gasteiger partial charge in [0.05, 0.1) is 23.3 Å². The van der Waals surface area contributed by atoms with E-state index < -0.39 is 5.91 Å². The third-order valence-electron chi connectivity index (χ3n) is 6.78. The zero-order chi connectivity index (χ0) is 22.9. The number of carbonyl (C=O) groups excluding carboxylic acids is 1. The number of rotatable bonds is 6. The quantitative estimate of drug-likeness (QED) is 0.489. The van der Waals surface area contributed by atoms with E-state index in [0.717, 1.165) is 54.9 Å². The lowest BCUT2D eigenvalue weighted by atomic mass is 9.99. The van der Waals surface area contributed by atoms with Gasteiger partial charge in [0.25, 0.3) is 0 Å². The van der Waals surface area contributed by atoms with Crippen LogP contribution in [-0.4, -0.2) is 38.7 Å². The van der Waals surface area contributed by atoms with Gasteiger partial charge >= 0.3 is 0 Å². The molecule has 4 aromatic rings. The molecule has 1 fully saturated rings. The minimum atomic E-state index is -0.401. The molecule has 5 rings (SSSR count). The monoisotopic (exact) mass is 439 g/mol. The average molecular weight is 440 g/mol. The molecule has 2 N–H and O–H groups in total.